The summed E-state index contributed by atoms with van der Waals surface area (Å²) in [6.45, 7) is 7.23. The van der Waals surface area contributed by atoms with Crippen LogP contribution in [-0.4, -0.2) is 41.7 Å². The lowest BCUT2D eigenvalue weighted by atomic mass is 10.2. The summed E-state index contributed by atoms with van der Waals surface area (Å²) in [6, 6.07) is 7.00. The minimum atomic E-state index is -2.89. The van der Waals surface area contributed by atoms with E-state index >= 15 is 0 Å². The molecule has 0 bridgehead atoms. The number of benzene rings is 1. The van der Waals surface area contributed by atoms with E-state index in [4.69, 9.17) is 13.3 Å². The van der Waals surface area contributed by atoms with E-state index < -0.39 is 8.80 Å². The van der Waals surface area contributed by atoms with E-state index in [9.17, 15) is 4.79 Å². The molecule has 0 spiro atoms. The van der Waals surface area contributed by atoms with Crippen LogP contribution in [0.3, 0.4) is 0 Å². The van der Waals surface area contributed by atoms with Gasteiger partial charge in [-0.2, -0.15) is 0 Å². The molecule has 1 aromatic carbocycles. The quantitative estimate of drug-likeness (QED) is 0.540. The predicted molar refractivity (Wildman–Crippen MR) is 78.0 cm³/mol. The number of carbonyl (C=O) groups is 1. The maximum atomic E-state index is 11.4. The zero-order chi connectivity index (χ0) is 15.0. The molecule has 0 N–H and O–H groups in total. The molecular weight excluding hydrogens is 276 g/mol. The van der Waals surface area contributed by atoms with Crippen molar-refractivity contribution in [2.45, 2.75) is 20.8 Å². The van der Waals surface area contributed by atoms with Crippen molar-refractivity contribution >= 4 is 20.0 Å². The van der Waals surface area contributed by atoms with E-state index in [1.807, 2.05) is 20.8 Å². The minimum absolute atomic E-state index is 0.368. The monoisotopic (exact) mass is 298 g/mol. The zero-order valence-electron chi connectivity index (χ0n) is 12.5. The van der Waals surface area contributed by atoms with Gasteiger partial charge in [0.25, 0.3) is 0 Å². The fourth-order valence-electron chi connectivity index (χ4n) is 1.87. The highest BCUT2D eigenvalue weighted by atomic mass is 28.4. The second kappa shape index (κ2) is 8.16. The van der Waals surface area contributed by atoms with Crippen molar-refractivity contribution < 1.29 is 22.8 Å². The first-order valence-corrected chi connectivity index (χ1v) is 8.46. The Bertz CT molecular complexity index is 401. The molecule has 0 aromatic heterocycles. The van der Waals surface area contributed by atoms with Crippen molar-refractivity contribution in [2.75, 3.05) is 26.9 Å². The van der Waals surface area contributed by atoms with Crippen LogP contribution in [0.2, 0.25) is 0 Å². The number of carbonyl (C=O) groups excluding carboxylic acids is 1. The summed E-state index contributed by atoms with van der Waals surface area (Å²) in [5.41, 5.74) is 0.489. The summed E-state index contributed by atoms with van der Waals surface area (Å²) >= 11 is 0. The zero-order valence-corrected chi connectivity index (χ0v) is 13.5. The molecule has 0 amide bonds. The lowest BCUT2D eigenvalue weighted by Crippen LogP contribution is -2.56. The van der Waals surface area contributed by atoms with Gasteiger partial charge in [-0.1, -0.05) is 12.1 Å². The summed E-state index contributed by atoms with van der Waals surface area (Å²) < 4.78 is 22.1. The molecule has 0 saturated carbocycles. The fourth-order valence-corrected chi connectivity index (χ4v) is 4.34. The summed E-state index contributed by atoms with van der Waals surface area (Å²) in [4.78, 5) is 11.4. The van der Waals surface area contributed by atoms with Crippen molar-refractivity contribution in [1.82, 2.24) is 0 Å². The van der Waals surface area contributed by atoms with Crippen LogP contribution in [0.1, 0.15) is 31.1 Å². The molecule has 0 radical (unpaired) electrons. The summed E-state index contributed by atoms with van der Waals surface area (Å²) in [5, 5.41) is 0.843. The third-order valence-corrected chi connectivity index (χ3v) is 5.71. The minimum Gasteiger partial charge on any atom is -0.465 e. The van der Waals surface area contributed by atoms with Gasteiger partial charge in [-0.15, -0.1) is 0 Å². The Balaban J connectivity index is 3.09. The third-order valence-electron chi connectivity index (χ3n) is 2.66. The Morgan fingerprint density at radius 2 is 1.40 bits per heavy atom. The average Bonchev–Trinajstić information content (AvgIpc) is 2.47. The second-order valence-corrected chi connectivity index (χ2v) is 6.48. The van der Waals surface area contributed by atoms with Gasteiger partial charge in [-0.3, -0.25) is 0 Å². The largest absolute Gasteiger partial charge is 0.537 e. The highest BCUT2D eigenvalue weighted by Gasteiger charge is 2.43. The molecule has 5 nitrogen and oxygen atoms in total. The normalized spacial score (nSPS) is 11.4. The molecular formula is C14H22O5Si. The van der Waals surface area contributed by atoms with Gasteiger partial charge in [0, 0.05) is 25.0 Å². The first kappa shape index (κ1) is 16.8. The van der Waals surface area contributed by atoms with Gasteiger partial charge in [0.1, 0.15) is 0 Å². The Morgan fingerprint density at radius 3 is 1.75 bits per heavy atom. The average molecular weight is 298 g/mol. The van der Waals surface area contributed by atoms with Gasteiger partial charge >= 0.3 is 14.8 Å². The molecule has 0 heterocycles. The SMILES string of the molecule is CCO[Si](OCC)(OCC)c1ccc(C(=O)OC)cc1. The van der Waals surface area contributed by atoms with Crippen LogP contribution >= 0.6 is 0 Å². The molecule has 20 heavy (non-hydrogen) atoms. The molecule has 0 aliphatic rings. The summed E-state index contributed by atoms with van der Waals surface area (Å²) in [6.07, 6.45) is 0. The topological polar surface area (TPSA) is 54.0 Å². The maximum absolute atomic E-state index is 11.4. The van der Waals surface area contributed by atoms with Crippen LogP contribution in [0.15, 0.2) is 24.3 Å². The van der Waals surface area contributed by atoms with Crippen LogP contribution in [0.4, 0.5) is 0 Å². The summed E-state index contributed by atoms with van der Waals surface area (Å²) in [7, 11) is -1.53. The molecule has 0 fully saturated rings. The lowest BCUT2D eigenvalue weighted by molar-refractivity contribution is 0.0600. The molecule has 0 atom stereocenters. The highest BCUT2D eigenvalue weighted by Crippen LogP contribution is 2.12. The third kappa shape index (κ3) is 3.89. The molecule has 1 rings (SSSR count). The molecule has 1 aromatic rings. The molecule has 112 valence electrons. The maximum Gasteiger partial charge on any atom is 0.537 e. The van der Waals surface area contributed by atoms with Crippen LogP contribution in [0, 0.1) is 0 Å². The van der Waals surface area contributed by atoms with E-state index in [0.717, 1.165) is 5.19 Å². The standard InChI is InChI=1S/C14H22O5Si/c1-5-17-20(18-6-2,19-7-3)13-10-8-12(9-11-13)14(15)16-4/h8-11H,5-7H2,1-4H3. The van der Waals surface area contributed by atoms with Crippen molar-refractivity contribution in [3.05, 3.63) is 29.8 Å². The number of rotatable bonds is 8. The number of esters is 1. The Morgan fingerprint density at radius 1 is 0.950 bits per heavy atom. The van der Waals surface area contributed by atoms with Crippen molar-refractivity contribution in [3.63, 3.8) is 0 Å². The van der Waals surface area contributed by atoms with E-state index in [1.165, 1.54) is 7.11 Å². The van der Waals surface area contributed by atoms with Gasteiger partial charge in [0.05, 0.1) is 12.7 Å². The molecule has 6 heteroatoms. The van der Waals surface area contributed by atoms with E-state index in [0.29, 0.717) is 25.4 Å². The number of ether oxygens (including phenoxy) is 1. The number of hydrogen-bond acceptors (Lipinski definition) is 5. The summed E-state index contributed by atoms with van der Waals surface area (Å²) in [5.74, 6) is -0.368. The second-order valence-electron chi connectivity index (χ2n) is 3.92. The van der Waals surface area contributed by atoms with E-state index in [2.05, 4.69) is 4.74 Å². The van der Waals surface area contributed by atoms with Crippen molar-refractivity contribution in [2.24, 2.45) is 0 Å². The van der Waals surface area contributed by atoms with Gasteiger partial charge in [0.2, 0.25) is 0 Å². The van der Waals surface area contributed by atoms with E-state index in [-0.39, 0.29) is 5.97 Å². The van der Waals surface area contributed by atoms with Crippen LogP contribution < -0.4 is 5.19 Å². The van der Waals surface area contributed by atoms with Gasteiger partial charge < -0.3 is 18.0 Å². The predicted octanol–water partition coefficient (Wildman–Crippen LogP) is 1.73. The first-order chi connectivity index (χ1) is 9.63. The van der Waals surface area contributed by atoms with Gasteiger partial charge in [-0.25, -0.2) is 4.79 Å². The fraction of sp³-hybridized carbons (Fsp3) is 0.500. The van der Waals surface area contributed by atoms with E-state index in [1.54, 1.807) is 24.3 Å². The smallest absolute Gasteiger partial charge is 0.465 e. The first-order valence-electron chi connectivity index (χ1n) is 6.74. The van der Waals surface area contributed by atoms with Crippen LogP contribution in [-0.2, 0) is 18.0 Å². The molecule has 0 aliphatic heterocycles. The van der Waals surface area contributed by atoms with Crippen LogP contribution in [0.5, 0.6) is 0 Å². The van der Waals surface area contributed by atoms with Gasteiger partial charge in [-0.05, 0) is 32.9 Å². The number of hydrogen-bond donors (Lipinski definition) is 0. The Labute approximate surface area is 121 Å². The molecule has 0 saturated heterocycles. The molecule has 0 aliphatic carbocycles. The number of methoxy groups -OCH3 is 1. The Kier molecular flexibility index (Phi) is 6.87. The highest BCUT2D eigenvalue weighted by molar-refractivity contribution is 6.75. The van der Waals surface area contributed by atoms with Crippen molar-refractivity contribution in [1.29, 1.82) is 0 Å². The van der Waals surface area contributed by atoms with Crippen molar-refractivity contribution in [3.8, 4) is 0 Å². The van der Waals surface area contributed by atoms with Gasteiger partial charge in [0.15, 0.2) is 0 Å². The van der Waals surface area contributed by atoms with Crippen LogP contribution in [0.25, 0.3) is 0 Å². The molecule has 0 unspecified atom stereocenters. The lowest BCUT2D eigenvalue weighted by Gasteiger charge is -2.28. The Hall–Kier alpha value is -1.21.